The minimum absolute atomic E-state index is 0.0235. The van der Waals surface area contributed by atoms with E-state index in [1.807, 2.05) is 23.1 Å². The number of hydrogen-bond acceptors (Lipinski definition) is 7. The molecule has 0 unspecified atom stereocenters. The maximum absolute atomic E-state index is 13.8. The largest absolute Gasteiger partial charge is 0.492 e. The standard InChI is InChI=1S/C27H30F2N4O5S/c1-27(7-8-27)19-38-25-24(18-30-33(26(25)34)22-16-20(28)15-21(29)17-22)31-9-11-32(12-10-31)39(35,36)14-13-37-23-5-3-2-4-6-23/h2-6,15-18H,7-14,19H2,1H3. The van der Waals surface area contributed by atoms with E-state index < -0.39 is 27.2 Å². The highest BCUT2D eigenvalue weighted by Crippen LogP contribution is 2.45. The summed E-state index contributed by atoms with van der Waals surface area (Å²) in [7, 11) is -3.55. The van der Waals surface area contributed by atoms with Crippen molar-refractivity contribution in [1.82, 2.24) is 14.1 Å². The van der Waals surface area contributed by atoms with Crippen molar-refractivity contribution >= 4 is 15.7 Å². The van der Waals surface area contributed by atoms with Gasteiger partial charge in [-0.1, -0.05) is 25.1 Å². The Morgan fingerprint density at radius 1 is 0.974 bits per heavy atom. The van der Waals surface area contributed by atoms with Gasteiger partial charge in [0.05, 0.1) is 24.2 Å². The van der Waals surface area contributed by atoms with E-state index in [1.165, 1.54) is 10.5 Å². The molecule has 1 aliphatic carbocycles. The van der Waals surface area contributed by atoms with Gasteiger partial charge in [-0.3, -0.25) is 4.79 Å². The molecule has 0 bridgehead atoms. The summed E-state index contributed by atoms with van der Waals surface area (Å²) in [5.74, 6) is -1.19. The summed E-state index contributed by atoms with van der Waals surface area (Å²) in [6, 6.07) is 11.8. The molecular weight excluding hydrogens is 530 g/mol. The average Bonchev–Trinajstić information content (AvgIpc) is 3.65. The van der Waals surface area contributed by atoms with Crippen molar-refractivity contribution in [1.29, 1.82) is 0 Å². The monoisotopic (exact) mass is 560 g/mol. The molecule has 1 saturated heterocycles. The Labute approximate surface area is 225 Å². The van der Waals surface area contributed by atoms with Gasteiger partial charge in [0.1, 0.15) is 29.7 Å². The summed E-state index contributed by atoms with van der Waals surface area (Å²) < 4.78 is 67.3. The average molecular weight is 561 g/mol. The van der Waals surface area contributed by atoms with Crippen molar-refractivity contribution in [3.63, 3.8) is 0 Å². The van der Waals surface area contributed by atoms with E-state index in [0.717, 1.165) is 35.7 Å². The zero-order valence-corrected chi connectivity index (χ0v) is 22.4. The molecule has 1 saturated carbocycles. The Morgan fingerprint density at radius 2 is 1.64 bits per heavy atom. The van der Waals surface area contributed by atoms with Gasteiger partial charge in [-0.05, 0) is 37.1 Å². The molecular formula is C27H30F2N4O5S. The van der Waals surface area contributed by atoms with Crippen LogP contribution in [0, 0.1) is 17.0 Å². The van der Waals surface area contributed by atoms with Gasteiger partial charge in [-0.25, -0.2) is 17.2 Å². The first-order chi connectivity index (χ1) is 18.6. The van der Waals surface area contributed by atoms with E-state index in [2.05, 4.69) is 12.0 Å². The molecule has 2 aliphatic rings. The summed E-state index contributed by atoms with van der Waals surface area (Å²) in [6.45, 7) is 3.45. The number of nitrogens with zero attached hydrogens (tertiary/aromatic N) is 4. The van der Waals surface area contributed by atoms with Gasteiger partial charge in [0.15, 0.2) is 0 Å². The summed E-state index contributed by atoms with van der Waals surface area (Å²) >= 11 is 0. The fraction of sp³-hybridized carbons (Fsp3) is 0.407. The number of anilines is 1. The summed E-state index contributed by atoms with van der Waals surface area (Å²) in [4.78, 5) is 15.3. The summed E-state index contributed by atoms with van der Waals surface area (Å²) in [6.07, 6.45) is 3.37. The van der Waals surface area contributed by atoms with E-state index in [0.29, 0.717) is 31.1 Å². The van der Waals surface area contributed by atoms with Crippen LogP contribution in [0.2, 0.25) is 0 Å². The fourth-order valence-corrected chi connectivity index (χ4v) is 5.63. The number of para-hydroxylation sites is 1. The van der Waals surface area contributed by atoms with Crippen LogP contribution >= 0.6 is 0 Å². The van der Waals surface area contributed by atoms with Gasteiger partial charge in [0.2, 0.25) is 15.8 Å². The topological polar surface area (TPSA) is 94.0 Å². The maximum Gasteiger partial charge on any atom is 0.316 e. The van der Waals surface area contributed by atoms with Crippen molar-refractivity contribution in [2.75, 3.05) is 50.0 Å². The van der Waals surface area contributed by atoms with Crippen LogP contribution in [0.1, 0.15) is 19.8 Å². The molecule has 1 aromatic heterocycles. The van der Waals surface area contributed by atoms with Crippen molar-refractivity contribution in [2.24, 2.45) is 5.41 Å². The van der Waals surface area contributed by atoms with Crippen LogP contribution in [0.4, 0.5) is 14.5 Å². The molecule has 208 valence electrons. The lowest BCUT2D eigenvalue weighted by molar-refractivity contribution is 0.242. The number of hydrogen-bond donors (Lipinski definition) is 0. The Hall–Kier alpha value is -3.51. The Balaban J connectivity index is 1.31. The zero-order valence-electron chi connectivity index (χ0n) is 21.6. The van der Waals surface area contributed by atoms with Crippen LogP contribution in [-0.4, -0.2) is 67.6 Å². The Kier molecular flexibility index (Phi) is 7.59. The SMILES string of the molecule is CC1(COc2c(N3CCN(S(=O)(=O)CCOc4ccccc4)CC3)cnn(-c3cc(F)cc(F)c3)c2=O)CC1. The second kappa shape index (κ2) is 10.9. The Bertz CT molecular complexity index is 1470. The molecule has 5 rings (SSSR count). The number of rotatable bonds is 10. The summed E-state index contributed by atoms with van der Waals surface area (Å²) in [5, 5.41) is 4.16. The molecule has 2 aromatic carbocycles. The predicted octanol–water partition coefficient (Wildman–Crippen LogP) is 3.22. The van der Waals surface area contributed by atoms with Crippen molar-refractivity contribution in [3.05, 3.63) is 76.7 Å². The lowest BCUT2D eigenvalue weighted by atomic mass is 10.2. The molecule has 0 amide bonds. The van der Waals surface area contributed by atoms with E-state index in [9.17, 15) is 22.0 Å². The molecule has 12 heteroatoms. The molecule has 2 heterocycles. The van der Waals surface area contributed by atoms with E-state index in [-0.39, 0.29) is 42.3 Å². The van der Waals surface area contributed by atoms with Crippen LogP contribution < -0.4 is 19.9 Å². The lowest BCUT2D eigenvalue weighted by Crippen LogP contribution is -2.50. The van der Waals surface area contributed by atoms with Crippen molar-refractivity contribution in [3.8, 4) is 17.2 Å². The van der Waals surface area contributed by atoms with Crippen LogP contribution in [0.25, 0.3) is 5.69 Å². The maximum atomic E-state index is 13.8. The third-order valence-corrected chi connectivity index (χ3v) is 8.84. The zero-order chi connectivity index (χ0) is 27.6. The molecule has 0 spiro atoms. The van der Waals surface area contributed by atoms with Crippen molar-refractivity contribution in [2.45, 2.75) is 19.8 Å². The first-order valence-corrected chi connectivity index (χ1v) is 14.4. The first kappa shape index (κ1) is 27.1. The number of ether oxygens (including phenoxy) is 2. The minimum Gasteiger partial charge on any atom is -0.492 e. The van der Waals surface area contributed by atoms with Crippen molar-refractivity contribution < 1.29 is 26.7 Å². The molecule has 0 atom stereocenters. The van der Waals surface area contributed by atoms with Gasteiger partial charge in [-0.15, -0.1) is 0 Å². The van der Waals surface area contributed by atoms with Crippen LogP contribution in [0.3, 0.4) is 0 Å². The first-order valence-electron chi connectivity index (χ1n) is 12.8. The number of aromatic nitrogens is 2. The second-order valence-electron chi connectivity index (χ2n) is 10.2. The fourth-order valence-electron chi connectivity index (χ4n) is 4.36. The molecule has 0 radical (unpaired) electrons. The van der Waals surface area contributed by atoms with Gasteiger partial charge >= 0.3 is 5.56 Å². The quantitative estimate of drug-likeness (QED) is 0.376. The number of benzene rings is 2. The van der Waals surface area contributed by atoms with Crippen LogP contribution in [0.5, 0.6) is 11.5 Å². The van der Waals surface area contributed by atoms with Crippen LogP contribution in [-0.2, 0) is 10.0 Å². The van der Waals surface area contributed by atoms with Gasteiger partial charge in [0, 0.05) is 37.7 Å². The number of halogens is 2. The van der Waals surface area contributed by atoms with Gasteiger partial charge < -0.3 is 14.4 Å². The molecule has 3 aromatic rings. The highest BCUT2D eigenvalue weighted by molar-refractivity contribution is 7.89. The van der Waals surface area contributed by atoms with Gasteiger partial charge in [-0.2, -0.15) is 14.1 Å². The predicted molar refractivity (Wildman–Crippen MR) is 142 cm³/mol. The molecule has 0 N–H and O–H groups in total. The highest BCUT2D eigenvalue weighted by Gasteiger charge is 2.39. The minimum atomic E-state index is -3.55. The molecule has 9 nitrogen and oxygen atoms in total. The second-order valence-corrected chi connectivity index (χ2v) is 12.3. The van der Waals surface area contributed by atoms with E-state index >= 15 is 0 Å². The normalized spacial score (nSPS) is 17.2. The van der Waals surface area contributed by atoms with Crippen LogP contribution in [0.15, 0.2) is 59.5 Å². The highest BCUT2D eigenvalue weighted by atomic mass is 32.2. The lowest BCUT2D eigenvalue weighted by Gasteiger charge is -2.35. The number of sulfonamides is 1. The molecule has 1 aliphatic heterocycles. The van der Waals surface area contributed by atoms with E-state index in [1.54, 1.807) is 12.1 Å². The Morgan fingerprint density at radius 3 is 2.28 bits per heavy atom. The third kappa shape index (κ3) is 6.39. The van der Waals surface area contributed by atoms with E-state index in [4.69, 9.17) is 9.47 Å². The molecule has 39 heavy (non-hydrogen) atoms. The third-order valence-electron chi connectivity index (χ3n) is 7.00. The van der Waals surface area contributed by atoms with Gasteiger partial charge in [0.25, 0.3) is 0 Å². The number of piperazine rings is 1. The molecule has 2 fully saturated rings. The smallest absolute Gasteiger partial charge is 0.316 e. The summed E-state index contributed by atoms with van der Waals surface area (Å²) in [5.41, 5.74) is -0.311.